The first-order chi connectivity index (χ1) is 8.75. The zero-order chi connectivity index (χ0) is 13.3. The number of esters is 1. The van der Waals surface area contributed by atoms with Crippen LogP contribution >= 0.6 is 0 Å². The summed E-state index contributed by atoms with van der Waals surface area (Å²) < 4.78 is 5.19. The third-order valence-electron chi connectivity index (χ3n) is 3.36. The average molecular weight is 254 g/mol. The number of hydrogen-bond acceptors (Lipinski definition) is 4. The Morgan fingerprint density at radius 3 is 2.61 bits per heavy atom. The molecule has 1 rings (SSSR count). The van der Waals surface area contributed by atoms with Crippen LogP contribution in [0.4, 0.5) is 0 Å². The molecule has 0 atom stereocenters. The van der Waals surface area contributed by atoms with E-state index in [0.717, 1.165) is 25.7 Å². The third-order valence-corrected chi connectivity index (χ3v) is 3.36. The fourth-order valence-corrected chi connectivity index (χ4v) is 2.44. The van der Waals surface area contributed by atoms with Gasteiger partial charge in [0.2, 0.25) is 0 Å². The maximum atomic E-state index is 12.1. The van der Waals surface area contributed by atoms with E-state index in [-0.39, 0.29) is 5.97 Å². The van der Waals surface area contributed by atoms with Crippen LogP contribution in [-0.2, 0) is 9.53 Å². The molecular weight excluding hydrogens is 232 g/mol. The van der Waals surface area contributed by atoms with Gasteiger partial charge in [-0.05, 0) is 25.3 Å². The van der Waals surface area contributed by atoms with Crippen LogP contribution < -0.4 is 5.32 Å². The summed E-state index contributed by atoms with van der Waals surface area (Å²) in [5, 5.41) is 6.74. The van der Waals surface area contributed by atoms with E-state index in [2.05, 4.69) is 15.3 Å². The molecule has 102 valence electrons. The van der Waals surface area contributed by atoms with Gasteiger partial charge >= 0.3 is 5.97 Å². The Morgan fingerprint density at radius 1 is 1.39 bits per heavy atom. The Labute approximate surface area is 108 Å². The van der Waals surface area contributed by atoms with Crippen molar-refractivity contribution < 1.29 is 9.53 Å². The molecule has 0 unspecified atom stereocenters. The van der Waals surface area contributed by atoms with Crippen LogP contribution in [0.25, 0.3) is 10.4 Å². The van der Waals surface area contributed by atoms with Gasteiger partial charge in [-0.2, -0.15) is 0 Å². The molecule has 0 heterocycles. The SMILES string of the molecule is CCOC(=O)C1(NCCN=[N+]=[N-])CCCCCC1. The number of hydrogen-bond donors (Lipinski definition) is 1. The quantitative estimate of drug-likeness (QED) is 0.197. The fourth-order valence-electron chi connectivity index (χ4n) is 2.44. The molecule has 0 spiro atoms. The van der Waals surface area contributed by atoms with Crippen molar-refractivity contribution in [3.8, 4) is 0 Å². The number of nitrogens with zero attached hydrogens (tertiary/aromatic N) is 3. The van der Waals surface area contributed by atoms with Gasteiger partial charge in [-0.3, -0.25) is 4.79 Å². The summed E-state index contributed by atoms with van der Waals surface area (Å²) in [5.41, 5.74) is 7.67. The number of rotatable bonds is 6. The molecule has 1 aliphatic rings. The third kappa shape index (κ3) is 4.20. The molecule has 1 aliphatic carbocycles. The standard InChI is InChI=1S/C12H22N4O2/c1-2-18-11(17)12(14-9-10-15-16-13)7-5-3-4-6-8-12/h14H,2-10H2,1H3. The molecule has 0 amide bonds. The highest BCUT2D eigenvalue weighted by molar-refractivity contribution is 5.80. The molecule has 0 aromatic rings. The minimum Gasteiger partial charge on any atom is -0.465 e. The lowest BCUT2D eigenvalue weighted by molar-refractivity contribution is -0.152. The van der Waals surface area contributed by atoms with Gasteiger partial charge in [0, 0.05) is 18.0 Å². The van der Waals surface area contributed by atoms with Gasteiger partial charge in [-0.25, -0.2) is 0 Å². The van der Waals surface area contributed by atoms with Gasteiger partial charge in [-0.1, -0.05) is 30.8 Å². The molecule has 0 aromatic heterocycles. The molecule has 6 heteroatoms. The summed E-state index contributed by atoms with van der Waals surface area (Å²) >= 11 is 0. The predicted molar refractivity (Wildman–Crippen MR) is 69.1 cm³/mol. The van der Waals surface area contributed by atoms with Gasteiger partial charge in [0.25, 0.3) is 0 Å². The highest BCUT2D eigenvalue weighted by atomic mass is 16.5. The Hall–Kier alpha value is -1.26. The van der Waals surface area contributed by atoms with Crippen LogP contribution in [0, 0.1) is 0 Å². The van der Waals surface area contributed by atoms with Crippen LogP contribution in [0.1, 0.15) is 45.4 Å². The smallest absolute Gasteiger partial charge is 0.326 e. The van der Waals surface area contributed by atoms with E-state index in [1.54, 1.807) is 0 Å². The second-order valence-electron chi connectivity index (χ2n) is 4.60. The summed E-state index contributed by atoms with van der Waals surface area (Å²) in [4.78, 5) is 14.9. The van der Waals surface area contributed by atoms with E-state index in [1.165, 1.54) is 12.8 Å². The van der Waals surface area contributed by atoms with Gasteiger partial charge < -0.3 is 10.1 Å². The number of ether oxygens (including phenoxy) is 1. The zero-order valence-electron chi connectivity index (χ0n) is 11.0. The highest BCUT2D eigenvalue weighted by Gasteiger charge is 2.39. The number of carbonyl (C=O) groups is 1. The Morgan fingerprint density at radius 2 is 2.06 bits per heavy atom. The Bertz CT molecular complexity index is 305. The van der Waals surface area contributed by atoms with Crippen molar-refractivity contribution in [3.05, 3.63) is 10.4 Å². The van der Waals surface area contributed by atoms with Crippen molar-refractivity contribution in [3.63, 3.8) is 0 Å². The van der Waals surface area contributed by atoms with Crippen LogP contribution in [0.3, 0.4) is 0 Å². The lowest BCUT2D eigenvalue weighted by Crippen LogP contribution is -2.53. The first-order valence-corrected chi connectivity index (χ1v) is 6.68. The molecule has 0 aromatic carbocycles. The van der Waals surface area contributed by atoms with Crippen LogP contribution in [0.15, 0.2) is 5.11 Å². The average Bonchev–Trinajstić information content (AvgIpc) is 2.62. The molecule has 6 nitrogen and oxygen atoms in total. The van der Waals surface area contributed by atoms with Crippen molar-refractivity contribution >= 4 is 5.97 Å². The van der Waals surface area contributed by atoms with E-state index < -0.39 is 5.54 Å². The summed E-state index contributed by atoms with van der Waals surface area (Å²) in [6.07, 6.45) is 6.02. The van der Waals surface area contributed by atoms with Crippen molar-refractivity contribution in [1.29, 1.82) is 0 Å². The molecule has 1 fully saturated rings. The summed E-state index contributed by atoms with van der Waals surface area (Å²) in [6, 6.07) is 0. The second kappa shape index (κ2) is 7.95. The summed E-state index contributed by atoms with van der Waals surface area (Å²) in [7, 11) is 0. The highest BCUT2D eigenvalue weighted by Crippen LogP contribution is 2.28. The minimum atomic E-state index is -0.572. The normalized spacial score (nSPS) is 18.5. The van der Waals surface area contributed by atoms with Crippen LogP contribution in [0.2, 0.25) is 0 Å². The minimum absolute atomic E-state index is 0.159. The molecular formula is C12H22N4O2. The zero-order valence-corrected chi connectivity index (χ0v) is 11.0. The second-order valence-corrected chi connectivity index (χ2v) is 4.60. The monoisotopic (exact) mass is 254 g/mol. The Kier molecular flexibility index (Phi) is 6.54. The topological polar surface area (TPSA) is 87.1 Å². The first kappa shape index (κ1) is 14.8. The van der Waals surface area contributed by atoms with Crippen molar-refractivity contribution in [2.45, 2.75) is 51.0 Å². The molecule has 0 aliphatic heterocycles. The maximum absolute atomic E-state index is 12.1. The van der Waals surface area contributed by atoms with Crippen LogP contribution in [-0.4, -0.2) is 31.2 Å². The van der Waals surface area contributed by atoms with Crippen LogP contribution in [0.5, 0.6) is 0 Å². The van der Waals surface area contributed by atoms with Crippen molar-refractivity contribution in [2.75, 3.05) is 19.7 Å². The van der Waals surface area contributed by atoms with E-state index >= 15 is 0 Å². The fraction of sp³-hybridized carbons (Fsp3) is 0.917. The van der Waals surface area contributed by atoms with Crippen molar-refractivity contribution in [1.82, 2.24) is 5.32 Å². The first-order valence-electron chi connectivity index (χ1n) is 6.68. The summed E-state index contributed by atoms with van der Waals surface area (Å²) in [6.45, 7) is 3.10. The van der Waals surface area contributed by atoms with Crippen molar-refractivity contribution in [2.24, 2.45) is 5.11 Å². The lowest BCUT2D eigenvalue weighted by atomic mass is 9.90. The summed E-state index contributed by atoms with van der Waals surface area (Å²) in [5.74, 6) is -0.159. The van der Waals surface area contributed by atoms with E-state index in [9.17, 15) is 4.79 Å². The molecule has 18 heavy (non-hydrogen) atoms. The molecule has 0 bridgehead atoms. The van der Waals surface area contributed by atoms with Gasteiger partial charge in [-0.15, -0.1) is 0 Å². The number of nitrogens with one attached hydrogen (secondary N) is 1. The lowest BCUT2D eigenvalue weighted by Gasteiger charge is -2.31. The Balaban J connectivity index is 2.65. The molecule has 1 saturated carbocycles. The van der Waals surface area contributed by atoms with E-state index in [4.69, 9.17) is 10.3 Å². The van der Waals surface area contributed by atoms with Gasteiger partial charge in [0.05, 0.1) is 6.61 Å². The predicted octanol–water partition coefficient (Wildman–Crippen LogP) is 2.54. The van der Waals surface area contributed by atoms with E-state index in [1.807, 2.05) is 6.92 Å². The van der Waals surface area contributed by atoms with Gasteiger partial charge in [0.15, 0.2) is 0 Å². The molecule has 0 saturated heterocycles. The molecule has 0 radical (unpaired) electrons. The van der Waals surface area contributed by atoms with Gasteiger partial charge in [0.1, 0.15) is 5.54 Å². The maximum Gasteiger partial charge on any atom is 0.326 e. The number of carbonyl (C=O) groups excluding carboxylic acids is 1. The van der Waals surface area contributed by atoms with E-state index in [0.29, 0.717) is 19.7 Å². The molecule has 1 N–H and O–H groups in total. The number of azide groups is 1. The largest absolute Gasteiger partial charge is 0.465 e.